The summed E-state index contributed by atoms with van der Waals surface area (Å²) in [6.45, 7) is 0. The van der Waals surface area contributed by atoms with Crippen molar-refractivity contribution < 1.29 is 45.6 Å². The maximum Gasteiger partial charge on any atom is 2.00 e. The van der Waals surface area contributed by atoms with Crippen molar-refractivity contribution in [2.24, 2.45) is 0 Å². The van der Waals surface area contributed by atoms with Gasteiger partial charge in [-0.15, -0.1) is 0 Å². The second kappa shape index (κ2) is 2.94. The largest absolute Gasteiger partial charge is 2.00 e. The second-order valence-electron chi connectivity index (χ2n) is 0.921. The Morgan fingerprint density at radius 2 is 1.33 bits per heavy atom. The predicted octanol–water partition coefficient (Wildman–Crippen LogP) is 0.392. The van der Waals surface area contributed by atoms with Gasteiger partial charge in [0, 0.05) is 0 Å². The molecular formula is CHF3O3RuS+2. The van der Waals surface area contributed by atoms with Crippen molar-refractivity contribution in [1.82, 2.24) is 0 Å². The Labute approximate surface area is 61.7 Å². The van der Waals surface area contributed by atoms with Gasteiger partial charge < -0.3 is 0 Å². The van der Waals surface area contributed by atoms with Gasteiger partial charge in [0.1, 0.15) is 0 Å². The van der Waals surface area contributed by atoms with E-state index < -0.39 is 15.6 Å². The van der Waals surface area contributed by atoms with Gasteiger partial charge in [-0.2, -0.15) is 21.6 Å². The summed E-state index contributed by atoms with van der Waals surface area (Å²) in [4.78, 5) is 0. The molecule has 8 heteroatoms. The van der Waals surface area contributed by atoms with Crippen molar-refractivity contribution >= 4 is 10.1 Å². The van der Waals surface area contributed by atoms with Crippen molar-refractivity contribution in [1.29, 1.82) is 0 Å². The molecule has 0 saturated heterocycles. The molecule has 0 bridgehead atoms. The summed E-state index contributed by atoms with van der Waals surface area (Å²) in [5, 5.41) is 0. The molecule has 0 radical (unpaired) electrons. The van der Waals surface area contributed by atoms with Crippen LogP contribution in [0.1, 0.15) is 0 Å². The molecule has 0 unspecified atom stereocenters. The van der Waals surface area contributed by atoms with Crippen LogP contribution in [0.5, 0.6) is 0 Å². The maximum absolute atomic E-state index is 10.7. The zero-order valence-electron chi connectivity index (χ0n) is 3.66. The Morgan fingerprint density at radius 3 is 1.33 bits per heavy atom. The van der Waals surface area contributed by atoms with Crippen LogP contribution in [-0.4, -0.2) is 18.5 Å². The van der Waals surface area contributed by atoms with E-state index in [4.69, 9.17) is 13.0 Å². The minimum atomic E-state index is -5.84. The van der Waals surface area contributed by atoms with Crippen molar-refractivity contribution in [2.75, 3.05) is 0 Å². The quantitative estimate of drug-likeness (QED) is 0.385. The van der Waals surface area contributed by atoms with Gasteiger partial charge in [0.2, 0.25) is 0 Å². The summed E-state index contributed by atoms with van der Waals surface area (Å²) >= 11 is 0. The van der Waals surface area contributed by atoms with Crippen molar-refractivity contribution in [3.63, 3.8) is 0 Å². The van der Waals surface area contributed by atoms with Gasteiger partial charge in [-0.05, 0) is 0 Å². The molecule has 0 aromatic heterocycles. The minimum absolute atomic E-state index is 0. The normalized spacial score (nSPS) is 12.4. The minimum Gasteiger partial charge on any atom is -0.279 e. The van der Waals surface area contributed by atoms with Crippen LogP contribution in [0.3, 0.4) is 0 Å². The van der Waals surface area contributed by atoms with Gasteiger partial charge in [-0.25, -0.2) is 0 Å². The second-order valence-corrected chi connectivity index (χ2v) is 2.33. The Morgan fingerprint density at radius 1 is 1.22 bits per heavy atom. The van der Waals surface area contributed by atoms with E-state index in [1.165, 1.54) is 0 Å². The average molecular weight is 251 g/mol. The molecule has 9 heavy (non-hydrogen) atoms. The summed E-state index contributed by atoms with van der Waals surface area (Å²) in [6, 6.07) is 0. The number of hydrogen-bond donors (Lipinski definition) is 1. The van der Waals surface area contributed by atoms with Crippen LogP contribution in [0.15, 0.2) is 0 Å². The Bertz CT molecular complexity index is 168. The molecule has 1 N–H and O–H groups in total. The molecule has 0 rings (SSSR count). The van der Waals surface area contributed by atoms with Crippen LogP contribution >= 0.6 is 0 Å². The first-order chi connectivity index (χ1) is 3.25. The van der Waals surface area contributed by atoms with Crippen LogP contribution in [0.2, 0.25) is 0 Å². The summed E-state index contributed by atoms with van der Waals surface area (Å²) in [7, 11) is -5.84. The number of halogens is 3. The third-order valence-electron chi connectivity index (χ3n) is 0.292. The summed E-state index contributed by atoms with van der Waals surface area (Å²) < 4.78 is 57.5. The molecular weight excluding hydrogens is 250 g/mol. The Balaban J connectivity index is 0. The van der Waals surface area contributed by atoms with Gasteiger partial charge in [-0.3, -0.25) is 4.55 Å². The fourth-order valence-electron chi connectivity index (χ4n) is 0. The standard InChI is InChI=1S/CHF3O3S.Ru/c2-1(3,4)8(5,6)7;/h(H,5,6,7);/q;+2. The number of hydrogen-bond acceptors (Lipinski definition) is 2. The Kier molecular flexibility index (Phi) is 3.93. The maximum atomic E-state index is 10.7. The molecule has 0 aliphatic rings. The third kappa shape index (κ3) is 3.83. The van der Waals surface area contributed by atoms with Crippen LogP contribution in [0.25, 0.3) is 0 Å². The first kappa shape index (κ1) is 12.0. The SMILES string of the molecule is O=S(=O)(O)C(F)(F)F.[Ru+2]. The molecule has 0 aliphatic carbocycles. The van der Waals surface area contributed by atoms with Gasteiger partial charge in [-0.1, -0.05) is 0 Å². The van der Waals surface area contributed by atoms with Gasteiger partial charge in [0.25, 0.3) is 0 Å². The third-order valence-corrected chi connectivity index (χ3v) is 0.877. The van der Waals surface area contributed by atoms with Gasteiger partial charge in [0.05, 0.1) is 0 Å². The summed E-state index contributed by atoms with van der Waals surface area (Å²) in [6.07, 6.45) is 0. The van der Waals surface area contributed by atoms with Crippen LogP contribution in [-0.2, 0) is 29.6 Å². The van der Waals surface area contributed by atoms with Crippen molar-refractivity contribution in [3.05, 3.63) is 0 Å². The molecule has 0 saturated carbocycles. The van der Waals surface area contributed by atoms with Crippen LogP contribution in [0, 0.1) is 0 Å². The van der Waals surface area contributed by atoms with Crippen molar-refractivity contribution in [2.45, 2.75) is 5.51 Å². The summed E-state index contributed by atoms with van der Waals surface area (Å²) in [5.74, 6) is 0. The number of alkyl halides is 3. The molecule has 0 atom stereocenters. The zero-order valence-corrected chi connectivity index (χ0v) is 6.21. The van der Waals surface area contributed by atoms with E-state index in [2.05, 4.69) is 0 Å². The van der Waals surface area contributed by atoms with E-state index in [-0.39, 0.29) is 19.5 Å². The van der Waals surface area contributed by atoms with Gasteiger partial charge >= 0.3 is 35.1 Å². The first-order valence-electron chi connectivity index (χ1n) is 1.29. The van der Waals surface area contributed by atoms with E-state index in [0.29, 0.717) is 0 Å². The van der Waals surface area contributed by atoms with E-state index in [0.717, 1.165) is 0 Å². The molecule has 0 aromatic carbocycles. The molecule has 0 fully saturated rings. The fraction of sp³-hybridized carbons (Fsp3) is 1.00. The van der Waals surface area contributed by atoms with Gasteiger partial charge in [0.15, 0.2) is 0 Å². The number of rotatable bonds is 0. The molecule has 0 heterocycles. The van der Waals surface area contributed by atoms with Crippen LogP contribution in [0.4, 0.5) is 13.2 Å². The van der Waals surface area contributed by atoms with E-state index in [1.807, 2.05) is 0 Å². The Hall–Kier alpha value is 0.323. The van der Waals surface area contributed by atoms with Crippen LogP contribution < -0.4 is 0 Å². The molecule has 0 aliphatic heterocycles. The molecule has 0 spiro atoms. The van der Waals surface area contributed by atoms with Crippen molar-refractivity contribution in [3.8, 4) is 0 Å². The fourth-order valence-corrected chi connectivity index (χ4v) is 0. The molecule has 3 nitrogen and oxygen atoms in total. The molecule has 0 aromatic rings. The zero-order chi connectivity index (χ0) is 7.00. The molecule has 56 valence electrons. The predicted molar refractivity (Wildman–Crippen MR) is 17.6 cm³/mol. The smallest absolute Gasteiger partial charge is 0.279 e. The first-order valence-corrected chi connectivity index (χ1v) is 2.73. The van der Waals surface area contributed by atoms with E-state index in [1.54, 1.807) is 0 Å². The summed E-state index contributed by atoms with van der Waals surface area (Å²) in [5.41, 5.74) is -5.53. The average Bonchev–Trinajstić information content (AvgIpc) is 1.25. The topological polar surface area (TPSA) is 54.4 Å². The monoisotopic (exact) mass is 252 g/mol. The molecule has 0 amide bonds. The van der Waals surface area contributed by atoms with E-state index in [9.17, 15) is 13.2 Å². The van der Waals surface area contributed by atoms with E-state index >= 15 is 0 Å².